The molecule has 1 fully saturated rings. The van der Waals surface area contributed by atoms with Crippen LogP contribution in [-0.2, 0) is 17.8 Å². The molecule has 1 aromatic carbocycles. The number of aromatic nitrogens is 1. The number of benzene rings is 1. The number of rotatable bonds is 6. The highest BCUT2D eigenvalue weighted by atomic mass is 19.1. The van der Waals surface area contributed by atoms with Crippen molar-refractivity contribution < 1.29 is 18.8 Å². The van der Waals surface area contributed by atoms with Crippen molar-refractivity contribution in [1.29, 1.82) is 0 Å². The molecule has 2 amide bonds. The van der Waals surface area contributed by atoms with E-state index in [9.17, 15) is 18.8 Å². The molecule has 0 spiro atoms. The summed E-state index contributed by atoms with van der Waals surface area (Å²) in [6.45, 7) is 4.23. The van der Waals surface area contributed by atoms with Crippen LogP contribution in [0.15, 0.2) is 24.3 Å². The molecule has 2 N–H and O–H groups in total. The van der Waals surface area contributed by atoms with Crippen molar-refractivity contribution in [2.45, 2.75) is 64.5 Å². The summed E-state index contributed by atoms with van der Waals surface area (Å²) in [6.07, 6.45) is 5.04. The molecule has 0 bridgehead atoms. The molecular weight excluding hydrogens is 385 g/mol. The van der Waals surface area contributed by atoms with Gasteiger partial charge in [0, 0.05) is 23.5 Å². The van der Waals surface area contributed by atoms with Gasteiger partial charge in [-0.2, -0.15) is 0 Å². The lowest BCUT2D eigenvalue weighted by molar-refractivity contribution is -0.118. The highest BCUT2D eigenvalue weighted by molar-refractivity contribution is 6.42. The normalized spacial score (nSPS) is 16.5. The maximum atomic E-state index is 13.5. The fourth-order valence-corrected chi connectivity index (χ4v) is 4.11. The number of halogens is 1. The Morgan fingerprint density at radius 2 is 1.93 bits per heavy atom. The summed E-state index contributed by atoms with van der Waals surface area (Å²) >= 11 is 0. The largest absolute Gasteiger partial charge is 0.344 e. The topological polar surface area (TPSA) is 80.2 Å². The van der Waals surface area contributed by atoms with Crippen LogP contribution in [0.4, 0.5) is 10.1 Å². The number of anilines is 1. The van der Waals surface area contributed by atoms with Crippen LogP contribution in [0.25, 0.3) is 0 Å². The Morgan fingerprint density at radius 1 is 1.17 bits per heavy atom. The van der Waals surface area contributed by atoms with Crippen LogP contribution < -0.4 is 10.6 Å². The van der Waals surface area contributed by atoms with Crippen molar-refractivity contribution in [3.63, 3.8) is 0 Å². The highest BCUT2D eigenvalue weighted by Gasteiger charge is 2.43. The number of nitrogens with one attached hydrogen (secondary N) is 2. The molecule has 0 unspecified atom stereocenters. The van der Waals surface area contributed by atoms with E-state index in [1.54, 1.807) is 13.0 Å². The molecular formula is C23H26FN3O3. The molecule has 0 atom stereocenters. The average Bonchev–Trinajstić information content (AvgIpc) is 3.40. The van der Waals surface area contributed by atoms with Crippen molar-refractivity contribution >= 4 is 23.3 Å². The second kappa shape index (κ2) is 7.70. The molecule has 4 rings (SSSR count). The lowest BCUT2D eigenvalue weighted by atomic mass is 10.1. The van der Waals surface area contributed by atoms with Crippen molar-refractivity contribution in [3.05, 3.63) is 52.6 Å². The van der Waals surface area contributed by atoms with Gasteiger partial charge in [-0.3, -0.25) is 14.4 Å². The second-order valence-corrected chi connectivity index (χ2v) is 8.33. The minimum Gasteiger partial charge on any atom is -0.344 e. The van der Waals surface area contributed by atoms with Gasteiger partial charge in [0.05, 0.1) is 11.3 Å². The van der Waals surface area contributed by atoms with E-state index in [1.807, 2.05) is 11.5 Å². The molecule has 30 heavy (non-hydrogen) atoms. The predicted octanol–water partition coefficient (Wildman–Crippen LogP) is 3.77. The van der Waals surface area contributed by atoms with E-state index >= 15 is 0 Å². The SMILES string of the molecule is CCC1(NC(=O)C(=O)c2cc(C(=O)Nc3ccc(F)c(C)c3)c3n2CCCC3)CC1. The van der Waals surface area contributed by atoms with Crippen molar-refractivity contribution in [2.75, 3.05) is 5.32 Å². The molecule has 2 aromatic rings. The van der Waals surface area contributed by atoms with Gasteiger partial charge in [-0.05, 0) is 75.3 Å². The van der Waals surface area contributed by atoms with Gasteiger partial charge in [0.15, 0.2) is 0 Å². The highest BCUT2D eigenvalue weighted by Crippen LogP contribution is 2.38. The monoisotopic (exact) mass is 411 g/mol. The molecule has 158 valence electrons. The third-order valence-electron chi connectivity index (χ3n) is 6.26. The minimum atomic E-state index is -0.610. The first-order chi connectivity index (χ1) is 14.3. The van der Waals surface area contributed by atoms with Gasteiger partial charge in [0.1, 0.15) is 5.82 Å². The summed E-state index contributed by atoms with van der Waals surface area (Å²) in [5, 5.41) is 5.66. The number of nitrogens with zero attached hydrogens (tertiary/aromatic N) is 1. The molecule has 1 saturated carbocycles. The van der Waals surface area contributed by atoms with Crippen molar-refractivity contribution in [1.82, 2.24) is 9.88 Å². The van der Waals surface area contributed by atoms with Gasteiger partial charge in [-0.15, -0.1) is 0 Å². The van der Waals surface area contributed by atoms with Crippen molar-refractivity contribution in [3.8, 4) is 0 Å². The van der Waals surface area contributed by atoms with Crippen LogP contribution >= 0.6 is 0 Å². The van der Waals surface area contributed by atoms with Crippen LogP contribution in [0.5, 0.6) is 0 Å². The zero-order valence-electron chi connectivity index (χ0n) is 17.3. The first-order valence-corrected chi connectivity index (χ1v) is 10.5. The van der Waals surface area contributed by atoms with E-state index in [0.717, 1.165) is 37.8 Å². The Hall–Kier alpha value is -2.96. The molecule has 0 radical (unpaired) electrons. The van der Waals surface area contributed by atoms with Gasteiger partial charge in [-0.1, -0.05) is 6.92 Å². The number of amides is 2. The Kier molecular flexibility index (Phi) is 5.22. The summed E-state index contributed by atoms with van der Waals surface area (Å²) in [6, 6.07) is 5.90. The smallest absolute Gasteiger partial charge is 0.294 e. The molecule has 1 aliphatic heterocycles. The van der Waals surface area contributed by atoms with E-state index < -0.39 is 11.7 Å². The Morgan fingerprint density at radius 3 is 2.60 bits per heavy atom. The molecule has 1 aromatic heterocycles. The lowest BCUT2D eigenvalue weighted by Gasteiger charge is -2.19. The van der Waals surface area contributed by atoms with E-state index in [1.165, 1.54) is 18.2 Å². The summed E-state index contributed by atoms with van der Waals surface area (Å²) in [5.74, 6) is -1.91. The molecule has 7 heteroatoms. The van der Waals surface area contributed by atoms with Crippen LogP contribution in [-0.4, -0.2) is 27.7 Å². The Balaban J connectivity index is 1.60. The van der Waals surface area contributed by atoms with E-state index in [2.05, 4.69) is 10.6 Å². The summed E-state index contributed by atoms with van der Waals surface area (Å²) in [4.78, 5) is 38.4. The van der Waals surface area contributed by atoms with Crippen LogP contribution in [0, 0.1) is 12.7 Å². The molecule has 2 aliphatic rings. The summed E-state index contributed by atoms with van der Waals surface area (Å²) in [7, 11) is 0. The number of hydrogen-bond donors (Lipinski definition) is 2. The van der Waals surface area contributed by atoms with Gasteiger partial charge < -0.3 is 15.2 Å². The zero-order chi connectivity index (χ0) is 21.5. The van der Waals surface area contributed by atoms with Crippen LogP contribution in [0.2, 0.25) is 0 Å². The molecule has 0 saturated heterocycles. The first kappa shape index (κ1) is 20.3. The van der Waals surface area contributed by atoms with Gasteiger partial charge in [-0.25, -0.2) is 4.39 Å². The number of hydrogen-bond acceptors (Lipinski definition) is 3. The third kappa shape index (κ3) is 3.76. The second-order valence-electron chi connectivity index (χ2n) is 8.33. The Labute approximate surface area is 174 Å². The van der Waals surface area contributed by atoms with Gasteiger partial charge >= 0.3 is 0 Å². The fourth-order valence-electron chi connectivity index (χ4n) is 4.11. The van der Waals surface area contributed by atoms with Crippen LogP contribution in [0.3, 0.4) is 0 Å². The molecule has 1 aliphatic carbocycles. The van der Waals surface area contributed by atoms with Crippen LogP contribution in [0.1, 0.15) is 71.1 Å². The first-order valence-electron chi connectivity index (χ1n) is 10.5. The molecule has 6 nitrogen and oxygen atoms in total. The number of carbonyl (C=O) groups excluding carboxylic acids is 3. The fraction of sp³-hybridized carbons (Fsp3) is 0.435. The van der Waals surface area contributed by atoms with Gasteiger partial charge in [0.25, 0.3) is 17.6 Å². The van der Waals surface area contributed by atoms with E-state index in [-0.39, 0.29) is 23.0 Å². The summed E-state index contributed by atoms with van der Waals surface area (Å²) in [5.41, 5.74) is 2.09. The van der Waals surface area contributed by atoms with E-state index in [0.29, 0.717) is 29.8 Å². The quantitative estimate of drug-likeness (QED) is 0.561. The summed E-state index contributed by atoms with van der Waals surface area (Å²) < 4.78 is 15.3. The number of Topliss-reactive ketones (excluding diaryl/α,β-unsaturated/α-hetero) is 1. The number of fused-ring (bicyclic) bond motifs is 1. The van der Waals surface area contributed by atoms with Gasteiger partial charge in [0.2, 0.25) is 0 Å². The lowest BCUT2D eigenvalue weighted by Crippen LogP contribution is -2.41. The molecule has 2 heterocycles. The number of carbonyl (C=O) groups is 3. The van der Waals surface area contributed by atoms with E-state index in [4.69, 9.17) is 0 Å². The predicted molar refractivity (Wildman–Crippen MR) is 111 cm³/mol. The number of aryl methyl sites for hydroxylation is 1. The number of ketones is 1. The average molecular weight is 411 g/mol. The van der Waals surface area contributed by atoms with Crippen molar-refractivity contribution in [2.24, 2.45) is 0 Å². The zero-order valence-corrected chi connectivity index (χ0v) is 17.3. The maximum Gasteiger partial charge on any atom is 0.294 e. The third-order valence-corrected chi connectivity index (χ3v) is 6.26. The standard InChI is InChI=1S/C23H26FN3O3/c1-3-23(9-10-23)26-22(30)20(28)19-13-16(18-6-4-5-11-27(18)19)21(29)25-15-7-8-17(24)14(2)12-15/h7-8,12-13H,3-6,9-11H2,1-2H3,(H,25,29)(H,26,30). The Bertz CT molecular complexity index is 1040. The minimum absolute atomic E-state index is 0.245. The maximum absolute atomic E-state index is 13.5.